The van der Waals surface area contributed by atoms with E-state index in [4.69, 9.17) is 0 Å². The summed E-state index contributed by atoms with van der Waals surface area (Å²) in [5, 5.41) is 3.26. The predicted molar refractivity (Wildman–Crippen MR) is 94.2 cm³/mol. The maximum atomic E-state index is 12.8. The highest BCUT2D eigenvalue weighted by molar-refractivity contribution is 5.79. The number of carbonyl (C=O) groups is 1. The van der Waals surface area contributed by atoms with E-state index in [1.807, 2.05) is 13.0 Å². The largest absolute Gasteiger partial charge is 0.351 e. The molecular weight excluding hydrogens is 316 g/mol. The number of nitrogens with zero attached hydrogens (tertiary/aromatic N) is 5. The lowest BCUT2D eigenvalue weighted by molar-refractivity contribution is -0.126. The molecule has 2 aliphatic heterocycles. The molecule has 2 aliphatic rings. The molecule has 4 heterocycles. The Hall–Kier alpha value is -2.44. The first kappa shape index (κ1) is 16.1. The number of amides is 1. The number of nitrogens with one attached hydrogen (secondary N) is 1. The molecule has 0 saturated carbocycles. The zero-order valence-electron chi connectivity index (χ0n) is 14.6. The van der Waals surface area contributed by atoms with Crippen LogP contribution in [0, 0.1) is 12.8 Å². The maximum absolute atomic E-state index is 12.8. The van der Waals surface area contributed by atoms with Gasteiger partial charge in [0.25, 0.3) is 0 Å². The van der Waals surface area contributed by atoms with Crippen molar-refractivity contribution >= 4 is 11.9 Å². The Morgan fingerprint density at radius 2 is 2.08 bits per heavy atom. The number of carbonyl (C=O) groups excluding carboxylic acids is 1. The van der Waals surface area contributed by atoms with E-state index in [0.717, 1.165) is 56.2 Å². The number of anilines is 1. The molecule has 0 bridgehead atoms. The highest BCUT2D eigenvalue weighted by Gasteiger charge is 2.29. The normalized spacial score (nSPS) is 23.2. The number of piperidine rings is 1. The van der Waals surface area contributed by atoms with Gasteiger partial charge in [-0.25, -0.2) is 15.0 Å². The van der Waals surface area contributed by atoms with E-state index < -0.39 is 0 Å². The third kappa shape index (κ3) is 3.50. The molecule has 0 spiro atoms. The fourth-order valence-electron chi connectivity index (χ4n) is 3.85. The number of hydrogen-bond donors (Lipinski definition) is 1. The molecule has 7 heteroatoms. The minimum Gasteiger partial charge on any atom is -0.351 e. The molecule has 2 atom stereocenters. The molecule has 1 N–H and O–H groups in total. The molecule has 0 aromatic carbocycles. The zero-order valence-corrected chi connectivity index (χ0v) is 14.6. The predicted octanol–water partition coefficient (Wildman–Crippen LogP) is 1.33. The average molecular weight is 340 g/mol. The number of rotatable bonds is 3. The van der Waals surface area contributed by atoms with Gasteiger partial charge in [0.05, 0.1) is 11.6 Å². The Balaban J connectivity index is 1.36. The van der Waals surface area contributed by atoms with E-state index in [1.54, 1.807) is 12.4 Å². The smallest absolute Gasteiger partial charge is 0.225 e. The van der Waals surface area contributed by atoms with Crippen LogP contribution in [0.15, 0.2) is 24.7 Å². The number of imidazole rings is 1. The van der Waals surface area contributed by atoms with Crippen LogP contribution in [0.3, 0.4) is 0 Å². The third-order valence-electron chi connectivity index (χ3n) is 5.09. The van der Waals surface area contributed by atoms with Crippen molar-refractivity contribution in [1.29, 1.82) is 0 Å². The fourth-order valence-corrected chi connectivity index (χ4v) is 3.85. The van der Waals surface area contributed by atoms with Crippen molar-refractivity contribution in [3.05, 3.63) is 36.2 Å². The highest BCUT2D eigenvalue weighted by atomic mass is 16.2. The summed E-state index contributed by atoms with van der Waals surface area (Å²) >= 11 is 0. The molecule has 0 aliphatic carbocycles. The Bertz CT molecular complexity index is 743. The van der Waals surface area contributed by atoms with Crippen LogP contribution in [-0.4, -0.2) is 44.6 Å². The lowest BCUT2D eigenvalue weighted by Crippen LogP contribution is -2.48. The molecule has 25 heavy (non-hydrogen) atoms. The quantitative estimate of drug-likeness (QED) is 0.912. The first-order valence-corrected chi connectivity index (χ1v) is 9.04. The van der Waals surface area contributed by atoms with Crippen molar-refractivity contribution < 1.29 is 4.79 Å². The van der Waals surface area contributed by atoms with Gasteiger partial charge in [-0.1, -0.05) is 0 Å². The van der Waals surface area contributed by atoms with Crippen LogP contribution in [0.1, 0.15) is 30.8 Å². The summed E-state index contributed by atoms with van der Waals surface area (Å²) in [6.07, 6.45) is 9.37. The molecule has 1 amide bonds. The molecule has 0 radical (unpaired) electrons. The van der Waals surface area contributed by atoms with Crippen LogP contribution >= 0.6 is 0 Å². The molecule has 2 aromatic heterocycles. The SMILES string of the molecule is Cc1cn2c(n1)CCC(NC(=O)C1CCCN(c3ncccn3)C1)C2. The van der Waals surface area contributed by atoms with Crippen LogP contribution in [0.5, 0.6) is 0 Å². The van der Waals surface area contributed by atoms with Gasteiger partial charge in [-0.2, -0.15) is 0 Å². The Morgan fingerprint density at radius 1 is 1.24 bits per heavy atom. The molecule has 1 fully saturated rings. The second-order valence-electron chi connectivity index (χ2n) is 7.03. The average Bonchev–Trinajstić information content (AvgIpc) is 3.02. The number of aryl methyl sites for hydroxylation is 2. The first-order valence-electron chi connectivity index (χ1n) is 9.04. The van der Waals surface area contributed by atoms with Gasteiger partial charge in [0.2, 0.25) is 11.9 Å². The van der Waals surface area contributed by atoms with Gasteiger partial charge >= 0.3 is 0 Å². The van der Waals surface area contributed by atoms with Crippen LogP contribution in [-0.2, 0) is 17.8 Å². The van der Waals surface area contributed by atoms with Crippen molar-refractivity contribution in [3.8, 4) is 0 Å². The van der Waals surface area contributed by atoms with E-state index in [9.17, 15) is 4.79 Å². The topological polar surface area (TPSA) is 75.9 Å². The standard InChI is InChI=1S/C18H24N6O/c1-13-10-24-12-15(5-6-16(24)21-13)22-17(25)14-4-2-9-23(11-14)18-19-7-3-8-20-18/h3,7-8,10,14-15H,2,4-6,9,11-12H2,1H3,(H,22,25). The van der Waals surface area contributed by atoms with Gasteiger partial charge in [0, 0.05) is 50.7 Å². The van der Waals surface area contributed by atoms with Crippen molar-refractivity contribution in [2.45, 2.75) is 45.2 Å². The van der Waals surface area contributed by atoms with Crippen LogP contribution in [0.4, 0.5) is 5.95 Å². The summed E-state index contributed by atoms with van der Waals surface area (Å²) in [6, 6.07) is 2.00. The first-order chi connectivity index (χ1) is 12.2. The molecule has 4 rings (SSSR count). The molecule has 7 nitrogen and oxygen atoms in total. The van der Waals surface area contributed by atoms with E-state index >= 15 is 0 Å². The third-order valence-corrected chi connectivity index (χ3v) is 5.09. The van der Waals surface area contributed by atoms with Crippen molar-refractivity contribution in [1.82, 2.24) is 24.8 Å². The summed E-state index contributed by atoms with van der Waals surface area (Å²) in [5.41, 5.74) is 1.05. The monoisotopic (exact) mass is 340 g/mol. The molecule has 132 valence electrons. The van der Waals surface area contributed by atoms with Gasteiger partial charge in [-0.05, 0) is 32.3 Å². The number of aromatic nitrogens is 4. The Kier molecular flexibility index (Phi) is 4.38. The molecular formula is C18H24N6O. The fraction of sp³-hybridized carbons (Fsp3) is 0.556. The lowest BCUT2D eigenvalue weighted by Gasteiger charge is -2.33. The van der Waals surface area contributed by atoms with Crippen LogP contribution < -0.4 is 10.2 Å². The highest BCUT2D eigenvalue weighted by Crippen LogP contribution is 2.21. The Morgan fingerprint density at radius 3 is 2.92 bits per heavy atom. The molecule has 1 saturated heterocycles. The van der Waals surface area contributed by atoms with E-state index in [0.29, 0.717) is 6.54 Å². The summed E-state index contributed by atoms with van der Waals surface area (Å²) in [4.78, 5) is 28.0. The van der Waals surface area contributed by atoms with Crippen molar-refractivity contribution in [3.63, 3.8) is 0 Å². The summed E-state index contributed by atoms with van der Waals surface area (Å²) in [7, 11) is 0. The number of hydrogen-bond acceptors (Lipinski definition) is 5. The summed E-state index contributed by atoms with van der Waals surface area (Å²) in [5.74, 6) is 2.01. The lowest BCUT2D eigenvalue weighted by atomic mass is 9.96. The molecule has 2 aromatic rings. The minimum absolute atomic E-state index is 0.00322. The summed E-state index contributed by atoms with van der Waals surface area (Å²) in [6.45, 7) is 4.44. The maximum Gasteiger partial charge on any atom is 0.225 e. The van der Waals surface area contributed by atoms with E-state index in [1.165, 1.54) is 0 Å². The van der Waals surface area contributed by atoms with Gasteiger partial charge in [-0.3, -0.25) is 4.79 Å². The van der Waals surface area contributed by atoms with Gasteiger partial charge in [0.15, 0.2) is 0 Å². The van der Waals surface area contributed by atoms with Crippen LogP contribution in [0.2, 0.25) is 0 Å². The van der Waals surface area contributed by atoms with Crippen molar-refractivity contribution in [2.75, 3.05) is 18.0 Å². The van der Waals surface area contributed by atoms with Gasteiger partial charge in [-0.15, -0.1) is 0 Å². The van der Waals surface area contributed by atoms with Crippen molar-refractivity contribution in [2.24, 2.45) is 5.92 Å². The van der Waals surface area contributed by atoms with Gasteiger partial charge in [0.1, 0.15) is 5.82 Å². The second kappa shape index (κ2) is 6.82. The van der Waals surface area contributed by atoms with E-state index in [-0.39, 0.29) is 17.9 Å². The van der Waals surface area contributed by atoms with E-state index in [2.05, 4.69) is 35.9 Å². The number of fused-ring (bicyclic) bond motifs is 1. The zero-order chi connectivity index (χ0) is 17.2. The molecule has 2 unspecified atom stereocenters. The second-order valence-corrected chi connectivity index (χ2v) is 7.03. The summed E-state index contributed by atoms with van der Waals surface area (Å²) < 4.78 is 2.18. The van der Waals surface area contributed by atoms with Gasteiger partial charge < -0.3 is 14.8 Å². The minimum atomic E-state index is 0.00322. The Labute approximate surface area is 147 Å². The van der Waals surface area contributed by atoms with Crippen LogP contribution in [0.25, 0.3) is 0 Å².